The fraction of sp³-hybridized carbons (Fsp3) is 0.185. The lowest BCUT2D eigenvalue weighted by Crippen LogP contribution is -1.99. The van der Waals surface area contributed by atoms with Gasteiger partial charge in [0.25, 0.3) is 0 Å². The van der Waals surface area contributed by atoms with Crippen molar-refractivity contribution in [2.75, 3.05) is 5.32 Å². The van der Waals surface area contributed by atoms with Crippen LogP contribution in [0.5, 0.6) is 11.5 Å². The highest BCUT2D eigenvalue weighted by atomic mass is 16.5. The number of rotatable bonds is 8. The number of aromatic nitrogens is 7. The van der Waals surface area contributed by atoms with Gasteiger partial charge in [-0.1, -0.05) is 17.3 Å². The summed E-state index contributed by atoms with van der Waals surface area (Å²) in [6, 6.07) is 17.8. The molecule has 0 aliphatic heterocycles. The average Bonchev–Trinajstić information content (AvgIpc) is 3.39. The standard InChI is InChI=1S/C27H26N8O/c1-17-12-20(7-8-25-32-34-35-33-25)15-21(13-17)31-26-16-22(9-11-29-26)36-24-14-18(2)19(3)30-27(24)23-6-4-5-10-28-23/h4-6,9-16H,7-8H2,1-3H3,(H,29,31)(H,32,33,34,35). The van der Waals surface area contributed by atoms with Crippen molar-refractivity contribution in [2.45, 2.75) is 33.6 Å². The van der Waals surface area contributed by atoms with E-state index in [-0.39, 0.29) is 0 Å². The molecule has 0 aliphatic rings. The first-order valence-corrected chi connectivity index (χ1v) is 11.7. The van der Waals surface area contributed by atoms with E-state index in [1.54, 1.807) is 12.4 Å². The van der Waals surface area contributed by atoms with Crippen LogP contribution in [-0.4, -0.2) is 35.6 Å². The van der Waals surface area contributed by atoms with Gasteiger partial charge in [-0.05, 0) is 80.3 Å². The number of ether oxygens (including phenoxy) is 1. The van der Waals surface area contributed by atoms with E-state index in [1.807, 2.05) is 50.2 Å². The number of aryl methyl sites for hydroxylation is 5. The molecule has 36 heavy (non-hydrogen) atoms. The average molecular weight is 479 g/mol. The van der Waals surface area contributed by atoms with Crippen LogP contribution in [0.3, 0.4) is 0 Å². The Balaban J connectivity index is 1.36. The smallest absolute Gasteiger partial charge is 0.174 e. The molecule has 5 rings (SSSR count). The SMILES string of the molecule is Cc1cc(CCc2nn[nH]n2)cc(Nc2cc(Oc3cc(C)c(C)nc3-c3ccccn3)ccn2)c1. The van der Waals surface area contributed by atoms with E-state index in [0.29, 0.717) is 35.3 Å². The molecule has 9 heteroatoms. The lowest BCUT2D eigenvalue weighted by atomic mass is 10.1. The maximum absolute atomic E-state index is 6.30. The van der Waals surface area contributed by atoms with Gasteiger partial charge in [0.15, 0.2) is 11.6 Å². The topological polar surface area (TPSA) is 114 Å². The number of aromatic amines is 1. The summed E-state index contributed by atoms with van der Waals surface area (Å²) in [5.41, 5.74) is 6.73. The molecule has 4 heterocycles. The van der Waals surface area contributed by atoms with Gasteiger partial charge in [0, 0.05) is 36.3 Å². The number of H-pyrrole nitrogens is 1. The lowest BCUT2D eigenvalue weighted by molar-refractivity contribution is 0.481. The minimum absolute atomic E-state index is 0.647. The molecular formula is C27H26N8O. The van der Waals surface area contributed by atoms with Crippen molar-refractivity contribution in [1.82, 2.24) is 35.6 Å². The van der Waals surface area contributed by atoms with Crippen LogP contribution in [0.25, 0.3) is 11.4 Å². The fourth-order valence-corrected chi connectivity index (χ4v) is 3.89. The first-order valence-electron chi connectivity index (χ1n) is 11.7. The Kier molecular flexibility index (Phi) is 6.61. The predicted octanol–water partition coefficient (Wildman–Crippen LogP) is 5.30. The Morgan fingerprint density at radius 1 is 0.917 bits per heavy atom. The number of tetrazole rings is 1. The number of pyridine rings is 3. The van der Waals surface area contributed by atoms with Crippen molar-refractivity contribution in [1.29, 1.82) is 0 Å². The second-order valence-electron chi connectivity index (χ2n) is 8.59. The van der Waals surface area contributed by atoms with Crippen LogP contribution in [0.1, 0.15) is 28.2 Å². The van der Waals surface area contributed by atoms with Crippen LogP contribution in [0.4, 0.5) is 11.5 Å². The van der Waals surface area contributed by atoms with Crippen LogP contribution in [-0.2, 0) is 12.8 Å². The van der Waals surface area contributed by atoms with Crippen LogP contribution in [0.2, 0.25) is 0 Å². The van der Waals surface area contributed by atoms with E-state index in [1.165, 1.54) is 5.56 Å². The number of hydrogen-bond acceptors (Lipinski definition) is 8. The Morgan fingerprint density at radius 2 is 1.83 bits per heavy atom. The highest BCUT2D eigenvalue weighted by Crippen LogP contribution is 2.33. The molecule has 0 saturated heterocycles. The van der Waals surface area contributed by atoms with Gasteiger partial charge in [0.05, 0.1) is 5.69 Å². The summed E-state index contributed by atoms with van der Waals surface area (Å²) in [5, 5.41) is 17.6. The van der Waals surface area contributed by atoms with Crippen LogP contribution < -0.4 is 10.1 Å². The zero-order chi connectivity index (χ0) is 24.9. The number of nitrogens with zero attached hydrogens (tertiary/aromatic N) is 6. The second kappa shape index (κ2) is 10.3. The summed E-state index contributed by atoms with van der Waals surface area (Å²) in [6.07, 6.45) is 4.99. The third-order valence-electron chi connectivity index (χ3n) is 5.73. The minimum Gasteiger partial charge on any atom is -0.455 e. The van der Waals surface area contributed by atoms with Gasteiger partial charge >= 0.3 is 0 Å². The molecule has 1 aromatic carbocycles. The molecule has 0 bridgehead atoms. The van der Waals surface area contributed by atoms with Gasteiger partial charge in [-0.25, -0.2) is 9.97 Å². The van der Waals surface area contributed by atoms with E-state index >= 15 is 0 Å². The largest absolute Gasteiger partial charge is 0.455 e. The first kappa shape index (κ1) is 23.1. The van der Waals surface area contributed by atoms with Crippen molar-refractivity contribution in [3.05, 3.63) is 95.2 Å². The van der Waals surface area contributed by atoms with E-state index < -0.39 is 0 Å². The van der Waals surface area contributed by atoms with Crippen molar-refractivity contribution in [2.24, 2.45) is 0 Å². The predicted molar refractivity (Wildman–Crippen MR) is 137 cm³/mol. The summed E-state index contributed by atoms with van der Waals surface area (Å²) in [6.45, 7) is 6.07. The van der Waals surface area contributed by atoms with Gasteiger partial charge in [-0.15, -0.1) is 10.2 Å². The Morgan fingerprint density at radius 3 is 2.64 bits per heavy atom. The van der Waals surface area contributed by atoms with Crippen molar-refractivity contribution < 1.29 is 4.74 Å². The third-order valence-corrected chi connectivity index (χ3v) is 5.73. The molecule has 0 unspecified atom stereocenters. The van der Waals surface area contributed by atoms with Gasteiger partial charge in [-0.3, -0.25) is 4.98 Å². The molecule has 0 atom stereocenters. The molecule has 0 fully saturated rings. The van der Waals surface area contributed by atoms with Crippen LogP contribution in [0.15, 0.2) is 67.0 Å². The van der Waals surface area contributed by atoms with E-state index in [2.05, 4.69) is 61.0 Å². The second-order valence-corrected chi connectivity index (χ2v) is 8.59. The normalized spacial score (nSPS) is 10.9. The summed E-state index contributed by atoms with van der Waals surface area (Å²) in [7, 11) is 0. The maximum atomic E-state index is 6.30. The number of hydrogen-bond donors (Lipinski definition) is 2. The molecule has 0 aliphatic carbocycles. The molecule has 5 aromatic rings. The zero-order valence-electron chi connectivity index (χ0n) is 20.4. The number of anilines is 2. The molecule has 0 amide bonds. The van der Waals surface area contributed by atoms with E-state index in [4.69, 9.17) is 9.72 Å². The molecule has 2 N–H and O–H groups in total. The fourth-order valence-electron chi connectivity index (χ4n) is 3.89. The van der Waals surface area contributed by atoms with Gasteiger partial charge < -0.3 is 10.1 Å². The molecule has 4 aromatic heterocycles. The van der Waals surface area contributed by atoms with Gasteiger partial charge in [-0.2, -0.15) is 5.21 Å². The first-order chi connectivity index (χ1) is 17.5. The van der Waals surface area contributed by atoms with Crippen molar-refractivity contribution in [3.63, 3.8) is 0 Å². The summed E-state index contributed by atoms with van der Waals surface area (Å²) in [5.74, 6) is 2.68. The highest BCUT2D eigenvalue weighted by Gasteiger charge is 2.13. The third kappa shape index (κ3) is 5.52. The van der Waals surface area contributed by atoms with Gasteiger partial charge in [0.2, 0.25) is 0 Å². The summed E-state index contributed by atoms with van der Waals surface area (Å²) >= 11 is 0. The molecule has 0 radical (unpaired) electrons. The quantitative estimate of drug-likeness (QED) is 0.309. The maximum Gasteiger partial charge on any atom is 0.174 e. The zero-order valence-corrected chi connectivity index (χ0v) is 20.4. The Bertz CT molecular complexity index is 1470. The van der Waals surface area contributed by atoms with Crippen molar-refractivity contribution in [3.8, 4) is 22.9 Å². The number of benzene rings is 1. The van der Waals surface area contributed by atoms with E-state index in [9.17, 15) is 0 Å². The highest BCUT2D eigenvalue weighted by molar-refractivity contribution is 5.65. The van der Waals surface area contributed by atoms with E-state index in [0.717, 1.165) is 34.6 Å². The monoisotopic (exact) mass is 478 g/mol. The number of nitrogens with one attached hydrogen (secondary N) is 2. The molecule has 180 valence electrons. The van der Waals surface area contributed by atoms with Crippen molar-refractivity contribution >= 4 is 11.5 Å². The van der Waals surface area contributed by atoms with Crippen LogP contribution >= 0.6 is 0 Å². The minimum atomic E-state index is 0.647. The molecule has 0 spiro atoms. The molecular weight excluding hydrogens is 452 g/mol. The molecule has 9 nitrogen and oxygen atoms in total. The van der Waals surface area contributed by atoms with Gasteiger partial charge in [0.1, 0.15) is 17.3 Å². The Labute approximate surface area is 209 Å². The summed E-state index contributed by atoms with van der Waals surface area (Å²) in [4.78, 5) is 13.7. The lowest BCUT2D eigenvalue weighted by Gasteiger charge is -2.14. The summed E-state index contributed by atoms with van der Waals surface area (Å²) < 4.78 is 6.30. The Hall–Kier alpha value is -4.66. The van der Waals surface area contributed by atoms with Crippen LogP contribution in [0, 0.1) is 20.8 Å². The molecule has 0 saturated carbocycles.